The molecule has 186 valence electrons. The van der Waals surface area contributed by atoms with Crippen molar-refractivity contribution in [2.75, 3.05) is 26.2 Å². The standard InChI is InChI=1S/C25H37N5O4/c1-25(2,29-23(33)19-5-3-18(4-6-19)22(26)27)21(17-7-11-28-12-8-17)24(34)30-13-9-16(10-14-30)15-20(31)32/h3-6,16-17,21,28H,7-15H2,1-2H3,(H3,26,27)(H,29,33)(H,31,32). The number of carbonyl (C=O) groups excluding carboxylic acids is 2. The van der Waals surface area contributed by atoms with E-state index in [9.17, 15) is 14.4 Å². The van der Waals surface area contributed by atoms with Gasteiger partial charge in [0, 0.05) is 36.2 Å². The van der Waals surface area contributed by atoms with Crippen LogP contribution in [-0.2, 0) is 9.59 Å². The average molecular weight is 472 g/mol. The van der Waals surface area contributed by atoms with Crippen LogP contribution in [0.15, 0.2) is 24.3 Å². The fraction of sp³-hybridized carbons (Fsp3) is 0.600. The highest BCUT2D eigenvalue weighted by Crippen LogP contribution is 2.34. The average Bonchev–Trinajstić information content (AvgIpc) is 2.79. The number of carboxylic acids is 1. The molecule has 2 amide bonds. The maximum atomic E-state index is 13.8. The summed E-state index contributed by atoms with van der Waals surface area (Å²) in [7, 11) is 0. The van der Waals surface area contributed by atoms with Gasteiger partial charge < -0.3 is 26.4 Å². The normalized spacial score (nSPS) is 18.8. The van der Waals surface area contributed by atoms with Crippen LogP contribution in [0.3, 0.4) is 0 Å². The lowest BCUT2D eigenvalue weighted by Gasteiger charge is -2.44. The third-order valence-corrected chi connectivity index (χ3v) is 7.18. The molecule has 6 N–H and O–H groups in total. The van der Waals surface area contributed by atoms with Crippen LogP contribution in [0.2, 0.25) is 0 Å². The van der Waals surface area contributed by atoms with Crippen molar-refractivity contribution in [2.45, 2.75) is 51.5 Å². The Bertz CT molecular complexity index is 900. The molecule has 0 saturated carbocycles. The summed E-state index contributed by atoms with van der Waals surface area (Å²) >= 11 is 0. The van der Waals surface area contributed by atoms with Crippen LogP contribution in [0, 0.1) is 23.2 Å². The van der Waals surface area contributed by atoms with E-state index < -0.39 is 11.5 Å². The topological polar surface area (TPSA) is 149 Å². The Hall–Kier alpha value is -2.94. The molecule has 1 atom stereocenters. The van der Waals surface area contributed by atoms with Gasteiger partial charge in [0.25, 0.3) is 5.91 Å². The van der Waals surface area contributed by atoms with Crippen LogP contribution in [-0.4, -0.2) is 65.3 Å². The molecule has 1 aromatic carbocycles. The second kappa shape index (κ2) is 11.0. The Morgan fingerprint density at radius 3 is 2.21 bits per heavy atom. The van der Waals surface area contributed by atoms with Crippen molar-refractivity contribution in [3.8, 4) is 0 Å². The lowest BCUT2D eigenvalue weighted by atomic mass is 9.72. The van der Waals surface area contributed by atoms with Gasteiger partial charge >= 0.3 is 5.97 Å². The van der Waals surface area contributed by atoms with Gasteiger partial charge in [-0.1, -0.05) is 12.1 Å². The summed E-state index contributed by atoms with van der Waals surface area (Å²) in [5.74, 6) is -1.23. The number of carboxylic acid groups (broad SMARTS) is 1. The Labute approximate surface area is 201 Å². The van der Waals surface area contributed by atoms with Gasteiger partial charge in [0.05, 0.1) is 5.92 Å². The molecule has 2 aliphatic heterocycles. The fourth-order valence-electron chi connectivity index (χ4n) is 5.32. The molecule has 2 saturated heterocycles. The first-order valence-corrected chi connectivity index (χ1v) is 12.1. The molecule has 0 bridgehead atoms. The Kier molecular flexibility index (Phi) is 8.30. The second-order valence-corrected chi connectivity index (χ2v) is 10.1. The molecule has 0 spiro atoms. The van der Waals surface area contributed by atoms with E-state index in [2.05, 4.69) is 10.6 Å². The van der Waals surface area contributed by atoms with Gasteiger partial charge in [0.1, 0.15) is 5.84 Å². The van der Waals surface area contributed by atoms with Gasteiger partial charge in [-0.2, -0.15) is 0 Å². The van der Waals surface area contributed by atoms with E-state index in [1.807, 2.05) is 18.7 Å². The number of hydrogen-bond donors (Lipinski definition) is 5. The van der Waals surface area contributed by atoms with Crippen molar-refractivity contribution in [1.82, 2.24) is 15.5 Å². The van der Waals surface area contributed by atoms with Crippen LogP contribution in [0.4, 0.5) is 0 Å². The summed E-state index contributed by atoms with van der Waals surface area (Å²) in [6, 6.07) is 6.55. The van der Waals surface area contributed by atoms with Crippen LogP contribution < -0.4 is 16.4 Å². The van der Waals surface area contributed by atoms with E-state index in [1.165, 1.54) is 0 Å². The third kappa shape index (κ3) is 6.34. The number of nitrogens with one attached hydrogen (secondary N) is 3. The monoisotopic (exact) mass is 471 g/mol. The minimum atomic E-state index is -0.794. The third-order valence-electron chi connectivity index (χ3n) is 7.18. The first-order chi connectivity index (χ1) is 16.1. The zero-order valence-electron chi connectivity index (χ0n) is 20.1. The highest BCUT2D eigenvalue weighted by molar-refractivity contribution is 5.98. The van der Waals surface area contributed by atoms with E-state index in [-0.39, 0.29) is 41.8 Å². The van der Waals surface area contributed by atoms with Crippen LogP contribution in [0.5, 0.6) is 0 Å². The summed E-state index contributed by atoms with van der Waals surface area (Å²) < 4.78 is 0. The van der Waals surface area contributed by atoms with Crippen molar-refractivity contribution in [1.29, 1.82) is 5.41 Å². The molecular weight excluding hydrogens is 434 g/mol. The van der Waals surface area contributed by atoms with E-state index in [4.69, 9.17) is 16.2 Å². The molecule has 0 aliphatic carbocycles. The van der Waals surface area contributed by atoms with Crippen LogP contribution >= 0.6 is 0 Å². The summed E-state index contributed by atoms with van der Waals surface area (Å²) in [4.78, 5) is 39.8. The van der Waals surface area contributed by atoms with Gasteiger partial charge in [-0.15, -0.1) is 0 Å². The predicted octanol–water partition coefficient (Wildman–Crippen LogP) is 1.81. The summed E-state index contributed by atoms with van der Waals surface area (Å²) in [6.45, 7) is 6.61. The maximum Gasteiger partial charge on any atom is 0.303 e. The first-order valence-electron chi connectivity index (χ1n) is 12.1. The van der Waals surface area contributed by atoms with Crippen molar-refractivity contribution >= 4 is 23.6 Å². The number of rotatable bonds is 8. The molecule has 0 radical (unpaired) electrons. The van der Waals surface area contributed by atoms with Gasteiger partial charge in [0.15, 0.2) is 0 Å². The number of piperidine rings is 2. The highest BCUT2D eigenvalue weighted by Gasteiger charge is 2.44. The van der Waals surface area contributed by atoms with Gasteiger partial charge in [-0.05, 0) is 76.6 Å². The predicted molar refractivity (Wildman–Crippen MR) is 130 cm³/mol. The van der Waals surface area contributed by atoms with Crippen molar-refractivity contribution in [3.05, 3.63) is 35.4 Å². The molecule has 9 nitrogen and oxygen atoms in total. The van der Waals surface area contributed by atoms with Gasteiger partial charge in [-0.25, -0.2) is 0 Å². The van der Waals surface area contributed by atoms with E-state index in [1.54, 1.807) is 24.3 Å². The molecule has 34 heavy (non-hydrogen) atoms. The molecule has 1 unspecified atom stereocenters. The quantitative estimate of drug-likeness (QED) is 0.288. The van der Waals surface area contributed by atoms with E-state index >= 15 is 0 Å². The van der Waals surface area contributed by atoms with E-state index in [0.29, 0.717) is 37.1 Å². The molecule has 2 aliphatic rings. The number of aliphatic carboxylic acids is 1. The Morgan fingerprint density at radius 1 is 1.12 bits per heavy atom. The van der Waals surface area contributed by atoms with Crippen molar-refractivity contribution in [2.24, 2.45) is 23.5 Å². The first kappa shape index (κ1) is 25.7. The van der Waals surface area contributed by atoms with Crippen molar-refractivity contribution < 1.29 is 19.5 Å². The molecule has 0 aromatic heterocycles. The number of hydrogen-bond acceptors (Lipinski definition) is 5. The minimum Gasteiger partial charge on any atom is -0.481 e. The smallest absolute Gasteiger partial charge is 0.303 e. The summed E-state index contributed by atoms with van der Waals surface area (Å²) in [6.07, 6.45) is 3.24. The van der Waals surface area contributed by atoms with Crippen molar-refractivity contribution in [3.63, 3.8) is 0 Å². The number of nitrogen functional groups attached to an aromatic ring is 1. The largest absolute Gasteiger partial charge is 0.481 e. The number of benzene rings is 1. The summed E-state index contributed by atoms with van der Waals surface area (Å²) in [5.41, 5.74) is 5.72. The number of carbonyl (C=O) groups is 3. The molecule has 2 heterocycles. The number of amidine groups is 1. The lowest BCUT2D eigenvalue weighted by molar-refractivity contribution is -0.142. The number of nitrogens with two attached hydrogens (primary N) is 1. The van der Waals surface area contributed by atoms with Gasteiger partial charge in [0.2, 0.25) is 5.91 Å². The lowest BCUT2D eigenvalue weighted by Crippen LogP contribution is -2.59. The van der Waals surface area contributed by atoms with Gasteiger partial charge in [-0.3, -0.25) is 19.8 Å². The highest BCUT2D eigenvalue weighted by atomic mass is 16.4. The number of likely N-dealkylation sites (tertiary alicyclic amines) is 1. The van der Waals surface area contributed by atoms with E-state index in [0.717, 1.165) is 25.9 Å². The SMILES string of the molecule is CC(C)(NC(=O)c1ccc(C(=N)N)cc1)C(C(=O)N1CCC(CC(=O)O)CC1)C1CCNCC1. The molecular formula is C25H37N5O4. The second-order valence-electron chi connectivity index (χ2n) is 10.1. The summed E-state index contributed by atoms with van der Waals surface area (Å²) in [5, 5.41) is 23.1. The fourth-order valence-corrected chi connectivity index (χ4v) is 5.32. The zero-order chi connectivity index (χ0) is 24.9. The number of nitrogens with zero attached hydrogens (tertiary/aromatic N) is 1. The molecule has 1 aromatic rings. The Morgan fingerprint density at radius 2 is 1.68 bits per heavy atom. The molecule has 3 rings (SSSR count). The Balaban J connectivity index is 1.75. The van der Waals surface area contributed by atoms with Crippen LogP contribution in [0.25, 0.3) is 0 Å². The number of amides is 2. The maximum absolute atomic E-state index is 13.8. The molecule has 2 fully saturated rings. The van der Waals surface area contributed by atoms with Crippen LogP contribution in [0.1, 0.15) is 61.9 Å². The molecule has 9 heteroatoms. The zero-order valence-corrected chi connectivity index (χ0v) is 20.1. The minimum absolute atomic E-state index is 0.0397.